The zero-order chi connectivity index (χ0) is 21.2. The van der Waals surface area contributed by atoms with Gasteiger partial charge in [-0.3, -0.25) is 4.79 Å². The highest BCUT2D eigenvalue weighted by atomic mass is 35.5. The lowest BCUT2D eigenvalue weighted by atomic mass is 9.88. The predicted octanol–water partition coefficient (Wildman–Crippen LogP) is 3.35. The highest BCUT2D eigenvalue weighted by molar-refractivity contribution is 7.89. The molecule has 0 bridgehead atoms. The van der Waals surface area contributed by atoms with Crippen molar-refractivity contribution in [2.75, 3.05) is 31.1 Å². The Morgan fingerprint density at radius 3 is 2.52 bits per heavy atom. The van der Waals surface area contributed by atoms with Crippen LogP contribution in [-0.4, -0.2) is 55.0 Å². The molecule has 158 valence electrons. The van der Waals surface area contributed by atoms with Crippen LogP contribution in [0.25, 0.3) is 0 Å². The van der Waals surface area contributed by atoms with Crippen LogP contribution in [0.15, 0.2) is 35.4 Å². The number of thiazole rings is 1. The number of hydrogen-bond acceptors (Lipinski definition) is 6. The van der Waals surface area contributed by atoms with Gasteiger partial charge in [0.25, 0.3) is 0 Å². The van der Waals surface area contributed by atoms with Gasteiger partial charge in [0.05, 0.1) is 21.6 Å². The Morgan fingerprint density at radius 2 is 1.90 bits per heavy atom. The summed E-state index contributed by atoms with van der Waals surface area (Å²) in [7, 11) is -3.62. The van der Waals surface area contributed by atoms with Gasteiger partial charge in [0, 0.05) is 32.6 Å². The monoisotopic (exact) mass is 457 g/mol. The maximum atomic E-state index is 12.9. The van der Waals surface area contributed by atoms with E-state index in [0.29, 0.717) is 39.0 Å². The van der Waals surface area contributed by atoms with E-state index in [2.05, 4.69) is 9.88 Å². The van der Waals surface area contributed by atoms with Gasteiger partial charge < -0.3 is 10.0 Å². The molecule has 2 aromatic rings. The molecule has 0 saturated carbocycles. The lowest BCUT2D eigenvalue weighted by Crippen LogP contribution is -2.48. The van der Waals surface area contributed by atoms with E-state index in [1.807, 2.05) is 0 Å². The number of carbonyl (C=O) groups is 1. The first-order chi connectivity index (χ1) is 13.6. The van der Waals surface area contributed by atoms with Crippen molar-refractivity contribution in [1.29, 1.82) is 0 Å². The van der Waals surface area contributed by atoms with Gasteiger partial charge in [0.1, 0.15) is 9.90 Å². The van der Waals surface area contributed by atoms with Crippen molar-refractivity contribution in [1.82, 2.24) is 9.29 Å². The number of aliphatic carboxylic acids is 1. The lowest BCUT2D eigenvalue weighted by molar-refractivity contribution is -0.147. The molecule has 2 heterocycles. The van der Waals surface area contributed by atoms with Gasteiger partial charge in [0.2, 0.25) is 10.0 Å². The van der Waals surface area contributed by atoms with Gasteiger partial charge >= 0.3 is 5.97 Å². The molecule has 29 heavy (non-hydrogen) atoms. The average molecular weight is 458 g/mol. The van der Waals surface area contributed by atoms with Gasteiger partial charge in [-0.25, -0.2) is 13.4 Å². The zero-order valence-electron chi connectivity index (χ0n) is 16.3. The van der Waals surface area contributed by atoms with Crippen LogP contribution in [0.3, 0.4) is 0 Å². The third-order valence-electron chi connectivity index (χ3n) is 5.09. The highest BCUT2D eigenvalue weighted by Gasteiger charge is 2.31. The predicted molar refractivity (Wildman–Crippen MR) is 114 cm³/mol. The van der Waals surface area contributed by atoms with Crippen LogP contribution >= 0.6 is 22.9 Å². The molecule has 0 spiro atoms. The summed E-state index contributed by atoms with van der Waals surface area (Å²) >= 11 is 7.61. The number of anilines is 1. The first-order valence-corrected chi connectivity index (χ1v) is 11.9. The van der Waals surface area contributed by atoms with Crippen molar-refractivity contribution in [3.05, 3.63) is 40.5 Å². The maximum absolute atomic E-state index is 12.9. The van der Waals surface area contributed by atoms with Gasteiger partial charge in [-0.05, 0) is 32.4 Å². The summed E-state index contributed by atoms with van der Waals surface area (Å²) < 4.78 is 27.2. The Balaban J connectivity index is 1.61. The van der Waals surface area contributed by atoms with Crippen molar-refractivity contribution < 1.29 is 18.3 Å². The van der Waals surface area contributed by atoms with Crippen molar-refractivity contribution in [3.8, 4) is 0 Å². The number of rotatable bonds is 7. The van der Waals surface area contributed by atoms with Crippen LogP contribution in [0.4, 0.5) is 5.00 Å². The van der Waals surface area contributed by atoms with Crippen molar-refractivity contribution in [2.45, 2.75) is 31.6 Å². The third-order valence-corrected chi connectivity index (χ3v) is 8.61. The second kappa shape index (κ2) is 8.59. The van der Waals surface area contributed by atoms with Gasteiger partial charge in [0.15, 0.2) is 0 Å². The summed E-state index contributed by atoms with van der Waals surface area (Å²) in [5.41, 5.74) is -0.787. The van der Waals surface area contributed by atoms with Gasteiger partial charge in [-0.2, -0.15) is 4.31 Å². The average Bonchev–Trinajstić information content (AvgIpc) is 3.16. The largest absolute Gasteiger partial charge is 0.481 e. The number of aromatic nitrogens is 1. The molecule has 0 radical (unpaired) electrons. The molecule has 10 heteroatoms. The first-order valence-electron chi connectivity index (χ1n) is 9.29. The lowest BCUT2D eigenvalue weighted by Gasteiger charge is -2.34. The number of sulfonamides is 1. The standard InChI is InChI=1S/C19H24ClN3O4S2/c1-19(2,18(24)25)8-7-16-21-13-17(28-16)22-9-11-23(12-10-22)29(26,27)15-6-4-3-5-14(15)20/h3-6,13H,7-12H2,1-2H3,(H,24,25). The van der Waals surface area contributed by atoms with E-state index in [1.165, 1.54) is 21.7 Å². The summed E-state index contributed by atoms with van der Waals surface area (Å²) in [5.74, 6) is -0.815. The maximum Gasteiger partial charge on any atom is 0.309 e. The Morgan fingerprint density at radius 1 is 1.24 bits per heavy atom. The smallest absolute Gasteiger partial charge is 0.309 e. The topological polar surface area (TPSA) is 90.8 Å². The molecule has 7 nitrogen and oxygen atoms in total. The minimum atomic E-state index is -3.62. The molecule has 1 aliphatic heterocycles. The molecular formula is C19H24ClN3O4S2. The van der Waals surface area contributed by atoms with Crippen LogP contribution in [0.5, 0.6) is 0 Å². The molecule has 1 N–H and O–H groups in total. The van der Waals surface area contributed by atoms with Crippen LogP contribution in [0.2, 0.25) is 5.02 Å². The number of nitrogens with zero attached hydrogens (tertiary/aromatic N) is 3. The molecule has 1 saturated heterocycles. The number of piperazine rings is 1. The van der Waals surface area contributed by atoms with Gasteiger partial charge in [-0.15, -0.1) is 11.3 Å². The first kappa shape index (κ1) is 22.0. The van der Waals surface area contributed by atoms with E-state index in [4.69, 9.17) is 11.6 Å². The van der Waals surface area contributed by atoms with Crippen LogP contribution in [0.1, 0.15) is 25.3 Å². The van der Waals surface area contributed by atoms with E-state index in [9.17, 15) is 18.3 Å². The SMILES string of the molecule is CC(C)(CCc1ncc(N2CCN(S(=O)(=O)c3ccccc3Cl)CC2)s1)C(=O)O. The summed E-state index contributed by atoms with van der Waals surface area (Å²) in [6.45, 7) is 5.28. The van der Waals surface area contributed by atoms with Crippen LogP contribution in [-0.2, 0) is 21.2 Å². The normalized spacial score (nSPS) is 16.2. The minimum Gasteiger partial charge on any atom is -0.481 e. The van der Waals surface area contributed by atoms with Crippen LogP contribution < -0.4 is 4.90 Å². The molecule has 1 aromatic heterocycles. The van der Waals surface area contributed by atoms with Crippen molar-refractivity contribution in [2.24, 2.45) is 5.41 Å². The van der Waals surface area contributed by atoms with Gasteiger partial charge in [-0.1, -0.05) is 23.7 Å². The number of benzene rings is 1. The second-order valence-electron chi connectivity index (χ2n) is 7.60. The van der Waals surface area contributed by atoms with Crippen molar-refractivity contribution >= 4 is 43.9 Å². The molecular weight excluding hydrogens is 434 g/mol. The van der Waals surface area contributed by atoms with Crippen LogP contribution in [0, 0.1) is 5.41 Å². The third kappa shape index (κ3) is 4.91. The zero-order valence-corrected chi connectivity index (χ0v) is 18.7. The second-order valence-corrected chi connectivity index (χ2v) is 11.0. The molecule has 0 atom stereocenters. The summed E-state index contributed by atoms with van der Waals surface area (Å²) in [5, 5.41) is 11.3. The van der Waals surface area contributed by atoms with E-state index < -0.39 is 21.4 Å². The Labute approximate surface area is 180 Å². The Kier molecular flexibility index (Phi) is 6.52. The fourth-order valence-corrected chi connectivity index (χ4v) is 5.91. The molecule has 0 amide bonds. The number of hydrogen-bond donors (Lipinski definition) is 1. The fraction of sp³-hybridized carbons (Fsp3) is 0.474. The van der Waals surface area contributed by atoms with E-state index >= 15 is 0 Å². The molecule has 3 rings (SSSR count). The molecule has 0 unspecified atom stereocenters. The molecule has 1 fully saturated rings. The highest BCUT2D eigenvalue weighted by Crippen LogP contribution is 2.30. The molecule has 1 aliphatic rings. The number of carboxylic acid groups (broad SMARTS) is 1. The van der Waals surface area contributed by atoms with E-state index in [-0.39, 0.29) is 9.92 Å². The summed E-state index contributed by atoms with van der Waals surface area (Å²) in [6.07, 6.45) is 2.90. The van der Waals surface area contributed by atoms with Crippen molar-refractivity contribution in [3.63, 3.8) is 0 Å². The Bertz CT molecular complexity index is 983. The number of halogens is 1. The summed E-state index contributed by atoms with van der Waals surface area (Å²) in [6, 6.07) is 6.48. The van der Waals surface area contributed by atoms with E-state index in [0.717, 1.165) is 10.0 Å². The Hall–Kier alpha value is -1.68. The minimum absolute atomic E-state index is 0.135. The summed E-state index contributed by atoms with van der Waals surface area (Å²) in [4.78, 5) is 17.9. The molecule has 0 aliphatic carbocycles. The number of aryl methyl sites for hydroxylation is 1. The number of carboxylic acids is 1. The fourth-order valence-electron chi connectivity index (χ4n) is 3.03. The molecule has 1 aromatic carbocycles. The van der Waals surface area contributed by atoms with E-state index in [1.54, 1.807) is 38.2 Å². The quantitative estimate of drug-likeness (QED) is 0.685.